The monoisotopic (exact) mass is 318 g/mol. The van der Waals surface area contributed by atoms with Crippen LogP contribution in [0.4, 0.5) is 11.4 Å². The number of halogens is 1. The van der Waals surface area contributed by atoms with Crippen molar-refractivity contribution in [3.05, 3.63) is 52.6 Å². The molecule has 0 aliphatic rings. The van der Waals surface area contributed by atoms with Gasteiger partial charge in [0.15, 0.2) is 0 Å². The number of nitrogens with one attached hydrogen (secondary N) is 1. The number of nitro benzene ring substituents is 1. The summed E-state index contributed by atoms with van der Waals surface area (Å²) in [7, 11) is 3.97. The van der Waals surface area contributed by atoms with Crippen LogP contribution in [0.1, 0.15) is 0 Å². The summed E-state index contributed by atoms with van der Waals surface area (Å²) in [4.78, 5) is 12.4. The molecular formula is C15H15ClN4O2. The second kappa shape index (κ2) is 6.03. The van der Waals surface area contributed by atoms with Crippen LogP contribution in [0.2, 0.25) is 0 Å². The molecule has 3 aromatic rings. The third kappa shape index (κ3) is 2.73. The van der Waals surface area contributed by atoms with E-state index in [1.54, 1.807) is 6.07 Å². The molecule has 0 unspecified atom stereocenters. The van der Waals surface area contributed by atoms with Gasteiger partial charge < -0.3 is 4.90 Å². The van der Waals surface area contributed by atoms with Crippen LogP contribution in [0.25, 0.3) is 22.2 Å². The maximum absolute atomic E-state index is 10.8. The van der Waals surface area contributed by atoms with E-state index >= 15 is 0 Å². The van der Waals surface area contributed by atoms with Gasteiger partial charge in [0.25, 0.3) is 5.69 Å². The van der Waals surface area contributed by atoms with E-state index in [0.717, 1.165) is 22.3 Å². The van der Waals surface area contributed by atoms with E-state index in [0.29, 0.717) is 5.52 Å². The number of hydrogen-bond acceptors (Lipinski definition) is 4. The molecule has 1 heterocycles. The average Bonchev–Trinajstić information content (AvgIpc) is 2.90. The van der Waals surface area contributed by atoms with Gasteiger partial charge in [0, 0.05) is 42.9 Å². The number of benzene rings is 2. The van der Waals surface area contributed by atoms with Crippen LogP contribution in [0, 0.1) is 10.1 Å². The van der Waals surface area contributed by atoms with Gasteiger partial charge in [-0.05, 0) is 18.2 Å². The summed E-state index contributed by atoms with van der Waals surface area (Å²) >= 11 is 0. The highest BCUT2D eigenvalue weighted by molar-refractivity contribution is 5.94. The summed E-state index contributed by atoms with van der Waals surface area (Å²) in [6, 6.07) is 12.7. The molecule has 0 fully saturated rings. The molecule has 2 aromatic carbocycles. The van der Waals surface area contributed by atoms with E-state index in [4.69, 9.17) is 0 Å². The molecule has 1 aromatic heterocycles. The summed E-state index contributed by atoms with van der Waals surface area (Å²) in [5, 5.41) is 18.8. The first-order valence-corrected chi connectivity index (χ1v) is 6.46. The van der Waals surface area contributed by atoms with Crippen molar-refractivity contribution in [2.45, 2.75) is 0 Å². The zero-order valence-corrected chi connectivity index (χ0v) is 12.9. The van der Waals surface area contributed by atoms with Crippen molar-refractivity contribution < 1.29 is 4.92 Å². The number of fused-ring (bicyclic) bond motifs is 1. The van der Waals surface area contributed by atoms with Gasteiger partial charge in [0.05, 0.1) is 16.1 Å². The molecule has 0 spiro atoms. The highest BCUT2D eigenvalue weighted by Crippen LogP contribution is 2.29. The topological polar surface area (TPSA) is 75.1 Å². The number of hydrogen-bond donors (Lipinski definition) is 1. The minimum atomic E-state index is -0.411. The van der Waals surface area contributed by atoms with Crippen LogP contribution in [-0.2, 0) is 0 Å². The molecule has 0 radical (unpaired) electrons. The minimum Gasteiger partial charge on any atom is -0.378 e. The van der Waals surface area contributed by atoms with Crippen molar-refractivity contribution in [3.63, 3.8) is 0 Å². The molecule has 1 N–H and O–H groups in total. The number of non-ortho nitro benzene ring substituents is 1. The number of aromatic amines is 1. The van der Waals surface area contributed by atoms with E-state index < -0.39 is 4.92 Å². The fraction of sp³-hybridized carbons (Fsp3) is 0.133. The second-order valence-corrected chi connectivity index (χ2v) is 5.00. The number of anilines is 1. The van der Waals surface area contributed by atoms with Crippen LogP contribution < -0.4 is 4.90 Å². The zero-order valence-electron chi connectivity index (χ0n) is 12.1. The first-order chi connectivity index (χ1) is 10.1. The first kappa shape index (κ1) is 15.8. The van der Waals surface area contributed by atoms with Gasteiger partial charge in [-0.2, -0.15) is 5.10 Å². The standard InChI is InChI=1S/C15H14N4O2.ClH/c1-18(2)11-5-3-10(4-6-11)15-13-8-7-12(19(20)21)9-14(13)16-17-15;/h3-9H,1-2H3,(H,16,17);1H. The largest absolute Gasteiger partial charge is 0.378 e. The first-order valence-electron chi connectivity index (χ1n) is 6.46. The number of aromatic nitrogens is 2. The second-order valence-electron chi connectivity index (χ2n) is 5.00. The molecule has 0 bridgehead atoms. The molecule has 0 aliphatic carbocycles. The fourth-order valence-electron chi connectivity index (χ4n) is 2.26. The van der Waals surface area contributed by atoms with E-state index in [1.807, 2.05) is 43.3 Å². The van der Waals surface area contributed by atoms with E-state index in [1.165, 1.54) is 12.1 Å². The lowest BCUT2D eigenvalue weighted by molar-refractivity contribution is -0.384. The van der Waals surface area contributed by atoms with Gasteiger partial charge in [-0.25, -0.2) is 0 Å². The van der Waals surface area contributed by atoms with Crippen LogP contribution in [0.15, 0.2) is 42.5 Å². The Balaban J connectivity index is 0.00000176. The molecule has 3 rings (SSSR count). The van der Waals surface area contributed by atoms with Crippen molar-refractivity contribution in [1.29, 1.82) is 0 Å². The van der Waals surface area contributed by atoms with Gasteiger partial charge in [0.2, 0.25) is 0 Å². The quantitative estimate of drug-likeness (QED) is 0.591. The van der Waals surface area contributed by atoms with Gasteiger partial charge in [0.1, 0.15) is 0 Å². The molecule has 0 atom stereocenters. The summed E-state index contributed by atoms with van der Waals surface area (Å²) in [6.45, 7) is 0. The van der Waals surface area contributed by atoms with Crippen molar-refractivity contribution in [2.75, 3.05) is 19.0 Å². The highest BCUT2D eigenvalue weighted by atomic mass is 35.5. The van der Waals surface area contributed by atoms with Gasteiger partial charge in [-0.3, -0.25) is 15.2 Å². The Labute approximate surface area is 133 Å². The van der Waals surface area contributed by atoms with Crippen molar-refractivity contribution in [3.8, 4) is 11.3 Å². The molecular weight excluding hydrogens is 304 g/mol. The Morgan fingerprint density at radius 2 is 1.82 bits per heavy atom. The van der Waals surface area contributed by atoms with Gasteiger partial charge >= 0.3 is 0 Å². The predicted molar refractivity (Wildman–Crippen MR) is 89.8 cm³/mol. The Bertz CT molecular complexity index is 812. The predicted octanol–water partition coefficient (Wildman–Crippen LogP) is 3.63. The third-order valence-corrected chi connectivity index (χ3v) is 3.41. The fourth-order valence-corrected chi connectivity index (χ4v) is 2.26. The van der Waals surface area contributed by atoms with Crippen LogP contribution in [0.3, 0.4) is 0 Å². The summed E-state index contributed by atoms with van der Waals surface area (Å²) in [5.41, 5.74) is 3.59. The molecule has 6 nitrogen and oxygen atoms in total. The van der Waals surface area contributed by atoms with Gasteiger partial charge in [-0.1, -0.05) is 12.1 Å². The zero-order chi connectivity index (χ0) is 15.0. The molecule has 22 heavy (non-hydrogen) atoms. The Morgan fingerprint density at radius 3 is 2.41 bits per heavy atom. The van der Waals surface area contributed by atoms with E-state index in [2.05, 4.69) is 10.2 Å². The molecule has 0 saturated heterocycles. The van der Waals surface area contributed by atoms with Crippen molar-refractivity contribution in [1.82, 2.24) is 10.2 Å². The normalized spacial score (nSPS) is 10.3. The SMILES string of the molecule is CN(C)c1ccc(-c2n[nH]c3cc([N+](=O)[O-])ccc23)cc1.Cl. The van der Waals surface area contributed by atoms with Crippen molar-refractivity contribution in [2.24, 2.45) is 0 Å². The molecule has 7 heteroatoms. The number of nitrogens with zero attached hydrogens (tertiary/aromatic N) is 3. The molecule has 0 amide bonds. The van der Waals surface area contributed by atoms with Crippen LogP contribution in [0.5, 0.6) is 0 Å². The smallest absolute Gasteiger partial charge is 0.271 e. The third-order valence-electron chi connectivity index (χ3n) is 3.41. The van der Waals surface area contributed by atoms with E-state index in [-0.39, 0.29) is 18.1 Å². The molecule has 0 saturated carbocycles. The van der Waals surface area contributed by atoms with Crippen LogP contribution >= 0.6 is 12.4 Å². The maximum Gasteiger partial charge on any atom is 0.271 e. The minimum absolute atomic E-state index is 0. The molecule has 114 valence electrons. The molecule has 0 aliphatic heterocycles. The Kier molecular flexibility index (Phi) is 4.32. The summed E-state index contributed by atoms with van der Waals surface area (Å²) in [5.74, 6) is 0. The Morgan fingerprint density at radius 1 is 1.14 bits per heavy atom. The van der Waals surface area contributed by atoms with Gasteiger partial charge in [-0.15, -0.1) is 12.4 Å². The Hall–Kier alpha value is -2.60. The number of nitro groups is 1. The number of rotatable bonds is 3. The lowest BCUT2D eigenvalue weighted by atomic mass is 10.1. The summed E-state index contributed by atoms with van der Waals surface area (Å²) < 4.78 is 0. The van der Waals surface area contributed by atoms with Crippen molar-refractivity contribution >= 4 is 34.7 Å². The lowest BCUT2D eigenvalue weighted by Crippen LogP contribution is -2.07. The van der Waals surface area contributed by atoms with Crippen LogP contribution in [-0.4, -0.2) is 29.2 Å². The maximum atomic E-state index is 10.8. The summed E-state index contributed by atoms with van der Waals surface area (Å²) in [6.07, 6.45) is 0. The highest BCUT2D eigenvalue weighted by Gasteiger charge is 2.12. The lowest BCUT2D eigenvalue weighted by Gasteiger charge is -2.12. The van der Waals surface area contributed by atoms with E-state index in [9.17, 15) is 10.1 Å². The average molecular weight is 319 g/mol. The number of H-pyrrole nitrogens is 1.